The van der Waals surface area contributed by atoms with Crippen LogP contribution in [0.15, 0.2) is 58.3 Å². The van der Waals surface area contributed by atoms with Crippen LogP contribution in [0.5, 0.6) is 0 Å². The maximum atomic E-state index is 13.2. The van der Waals surface area contributed by atoms with Gasteiger partial charge in [0.2, 0.25) is 5.91 Å². The second-order valence-electron chi connectivity index (χ2n) is 7.48. The largest absolute Gasteiger partial charge is 0.345 e. The molecule has 0 fully saturated rings. The van der Waals surface area contributed by atoms with Crippen molar-refractivity contribution in [1.29, 1.82) is 0 Å². The van der Waals surface area contributed by atoms with Gasteiger partial charge in [-0.15, -0.1) is 22.7 Å². The number of fused-ring (bicyclic) bond motifs is 2. The van der Waals surface area contributed by atoms with Crippen molar-refractivity contribution in [3.05, 3.63) is 69.7 Å². The number of benzene rings is 1. The molecule has 32 heavy (non-hydrogen) atoms. The van der Waals surface area contributed by atoms with E-state index in [2.05, 4.69) is 21.8 Å². The summed E-state index contributed by atoms with van der Waals surface area (Å²) in [6.45, 7) is 4.61. The van der Waals surface area contributed by atoms with E-state index in [4.69, 9.17) is 4.98 Å². The van der Waals surface area contributed by atoms with Gasteiger partial charge in [-0.05, 0) is 37.4 Å². The van der Waals surface area contributed by atoms with Gasteiger partial charge in [-0.25, -0.2) is 9.97 Å². The summed E-state index contributed by atoms with van der Waals surface area (Å²) in [4.78, 5) is 36.8. The summed E-state index contributed by atoms with van der Waals surface area (Å²) in [6.07, 6.45) is 1.45. The van der Waals surface area contributed by atoms with Crippen LogP contribution < -0.4 is 10.9 Å². The summed E-state index contributed by atoms with van der Waals surface area (Å²) in [5, 5.41) is 7.48. The van der Waals surface area contributed by atoms with Gasteiger partial charge in [0.1, 0.15) is 17.2 Å². The first-order valence-electron chi connectivity index (χ1n) is 10.3. The lowest BCUT2D eigenvalue weighted by atomic mass is 10.2. The van der Waals surface area contributed by atoms with E-state index in [-0.39, 0.29) is 24.1 Å². The number of hydrogen-bond donors (Lipinski definition) is 1. The zero-order valence-electron chi connectivity index (χ0n) is 17.6. The molecule has 0 aliphatic rings. The predicted molar refractivity (Wildman–Crippen MR) is 129 cm³/mol. The van der Waals surface area contributed by atoms with Crippen molar-refractivity contribution in [2.45, 2.75) is 33.0 Å². The van der Waals surface area contributed by atoms with Crippen LogP contribution in [0.1, 0.15) is 25.7 Å². The first kappa shape index (κ1) is 20.6. The van der Waals surface area contributed by atoms with E-state index < -0.39 is 0 Å². The summed E-state index contributed by atoms with van der Waals surface area (Å²) in [5.41, 5.74) is 2.60. The fraction of sp³-hybridized carbons (Fsp3) is 0.217. The lowest BCUT2D eigenvalue weighted by Crippen LogP contribution is -2.34. The van der Waals surface area contributed by atoms with Gasteiger partial charge < -0.3 is 9.88 Å². The molecule has 0 saturated heterocycles. The van der Waals surface area contributed by atoms with E-state index in [9.17, 15) is 9.59 Å². The highest BCUT2D eigenvalue weighted by molar-refractivity contribution is 7.18. The van der Waals surface area contributed by atoms with Crippen LogP contribution in [-0.2, 0) is 17.9 Å². The van der Waals surface area contributed by atoms with Crippen molar-refractivity contribution >= 4 is 49.8 Å². The fourth-order valence-corrected chi connectivity index (χ4v) is 5.68. The Hall–Kier alpha value is -3.30. The minimum atomic E-state index is -0.301. The molecule has 0 radical (unpaired) electrons. The lowest BCUT2D eigenvalue weighted by molar-refractivity contribution is -0.122. The molecule has 1 N–H and O–H groups in total. The number of imidazole rings is 1. The Labute approximate surface area is 192 Å². The third-order valence-electron chi connectivity index (χ3n) is 5.43. The molecule has 5 rings (SSSR count). The molecule has 9 heteroatoms. The molecule has 1 aromatic carbocycles. The summed E-state index contributed by atoms with van der Waals surface area (Å²) < 4.78 is 3.47. The van der Waals surface area contributed by atoms with Crippen molar-refractivity contribution in [2.24, 2.45) is 0 Å². The highest BCUT2D eigenvalue weighted by atomic mass is 32.1. The van der Waals surface area contributed by atoms with Crippen LogP contribution in [0, 0.1) is 0 Å². The number of nitrogens with zero attached hydrogens (tertiary/aromatic N) is 4. The van der Waals surface area contributed by atoms with Crippen LogP contribution in [0.2, 0.25) is 0 Å². The van der Waals surface area contributed by atoms with Crippen molar-refractivity contribution in [1.82, 2.24) is 24.4 Å². The summed E-state index contributed by atoms with van der Waals surface area (Å²) in [6, 6.07) is 11.6. The first-order chi connectivity index (χ1) is 15.6. The maximum Gasteiger partial charge on any atom is 0.263 e. The second kappa shape index (κ2) is 8.33. The van der Waals surface area contributed by atoms with Crippen molar-refractivity contribution in [2.75, 3.05) is 0 Å². The van der Waals surface area contributed by atoms with Gasteiger partial charge in [0.05, 0.1) is 28.8 Å². The molecule has 1 unspecified atom stereocenters. The molecule has 0 spiro atoms. The summed E-state index contributed by atoms with van der Waals surface area (Å²) >= 11 is 3.02. The third kappa shape index (κ3) is 3.53. The number of aryl methyl sites for hydroxylation is 1. The summed E-state index contributed by atoms with van der Waals surface area (Å²) in [7, 11) is 0. The normalized spacial score (nSPS) is 12.4. The van der Waals surface area contributed by atoms with Gasteiger partial charge in [0, 0.05) is 22.4 Å². The zero-order valence-corrected chi connectivity index (χ0v) is 19.2. The number of hydrogen-bond acceptors (Lipinski definition) is 6. The second-order valence-corrected chi connectivity index (χ2v) is 9.28. The van der Waals surface area contributed by atoms with Crippen LogP contribution in [0.25, 0.3) is 31.7 Å². The minimum Gasteiger partial charge on any atom is -0.345 e. The number of aromatic nitrogens is 4. The Morgan fingerprint density at radius 1 is 1.19 bits per heavy atom. The Kier molecular flexibility index (Phi) is 5.36. The van der Waals surface area contributed by atoms with Gasteiger partial charge in [0.15, 0.2) is 0 Å². The molecule has 162 valence electrons. The fourth-order valence-electron chi connectivity index (χ4n) is 3.96. The Morgan fingerprint density at radius 3 is 2.81 bits per heavy atom. The van der Waals surface area contributed by atoms with E-state index in [1.807, 2.05) is 54.1 Å². The molecule has 7 nitrogen and oxygen atoms in total. The SMILES string of the molecule is CCn1c(C(C)NC(=O)Cn2cnc3scc(-c4cccs4)c3c2=O)nc2ccccc21. The van der Waals surface area contributed by atoms with Gasteiger partial charge in [-0.3, -0.25) is 14.2 Å². The average molecular weight is 464 g/mol. The molecule has 0 bridgehead atoms. The molecule has 1 amide bonds. The number of carbonyl (C=O) groups excluding carboxylic acids is 1. The quantitative estimate of drug-likeness (QED) is 0.404. The van der Waals surface area contributed by atoms with Gasteiger partial charge in [-0.1, -0.05) is 18.2 Å². The molecule has 5 aromatic rings. The zero-order chi connectivity index (χ0) is 22.2. The summed E-state index contributed by atoms with van der Waals surface area (Å²) in [5.74, 6) is 0.532. The number of carbonyl (C=O) groups is 1. The number of rotatable bonds is 6. The van der Waals surface area contributed by atoms with E-state index in [1.165, 1.54) is 22.2 Å². The van der Waals surface area contributed by atoms with Crippen molar-refractivity contribution in [3.8, 4) is 10.4 Å². The standard InChI is InChI=1S/C23H21N5O2S2/c1-3-28-17-8-5-4-7-16(17)26-21(28)14(2)25-19(29)11-27-13-24-22-20(23(27)30)15(12-32-22)18-9-6-10-31-18/h4-10,12-14H,3,11H2,1-2H3,(H,25,29). The van der Waals surface area contributed by atoms with Crippen molar-refractivity contribution < 1.29 is 4.79 Å². The highest BCUT2D eigenvalue weighted by Gasteiger charge is 2.19. The van der Waals surface area contributed by atoms with Crippen LogP contribution in [0.4, 0.5) is 0 Å². The molecule has 4 aromatic heterocycles. The van der Waals surface area contributed by atoms with Crippen LogP contribution in [0.3, 0.4) is 0 Å². The molecule has 0 aliphatic carbocycles. The number of thiophene rings is 2. The van der Waals surface area contributed by atoms with Gasteiger partial charge in [0.25, 0.3) is 5.56 Å². The first-order valence-corrected chi connectivity index (χ1v) is 12.1. The van der Waals surface area contributed by atoms with Crippen LogP contribution >= 0.6 is 22.7 Å². The predicted octanol–water partition coefficient (Wildman–Crippen LogP) is 4.43. The Bertz CT molecular complexity index is 1480. The van der Waals surface area contributed by atoms with E-state index >= 15 is 0 Å². The topological polar surface area (TPSA) is 81.8 Å². The van der Waals surface area contributed by atoms with E-state index in [0.29, 0.717) is 10.2 Å². The maximum absolute atomic E-state index is 13.2. The molecule has 1 atom stereocenters. The molecule has 4 heterocycles. The number of para-hydroxylation sites is 2. The van der Waals surface area contributed by atoms with Gasteiger partial charge >= 0.3 is 0 Å². The molecular formula is C23H21N5O2S2. The van der Waals surface area contributed by atoms with E-state index in [1.54, 1.807) is 11.3 Å². The molecular weight excluding hydrogens is 442 g/mol. The smallest absolute Gasteiger partial charge is 0.263 e. The monoisotopic (exact) mass is 463 g/mol. The highest BCUT2D eigenvalue weighted by Crippen LogP contribution is 2.33. The van der Waals surface area contributed by atoms with Gasteiger partial charge in [-0.2, -0.15) is 0 Å². The van der Waals surface area contributed by atoms with Crippen LogP contribution in [-0.4, -0.2) is 25.0 Å². The molecule has 0 saturated carbocycles. The average Bonchev–Trinajstić information content (AvgIpc) is 3.53. The minimum absolute atomic E-state index is 0.0990. The lowest BCUT2D eigenvalue weighted by Gasteiger charge is -2.16. The number of amides is 1. The Balaban J connectivity index is 1.40. The third-order valence-corrected chi connectivity index (χ3v) is 7.22. The number of nitrogens with one attached hydrogen (secondary N) is 1. The van der Waals surface area contributed by atoms with Crippen molar-refractivity contribution in [3.63, 3.8) is 0 Å². The Morgan fingerprint density at radius 2 is 2.03 bits per heavy atom. The molecule has 0 aliphatic heterocycles. The van der Waals surface area contributed by atoms with E-state index in [0.717, 1.165) is 33.8 Å².